The highest BCUT2D eigenvalue weighted by Gasteiger charge is 2.18. The highest BCUT2D eigenvalue weighted by molar-refractivity contribution is 6.00. The van der Waals surface area contributed by atoms with Crippen LogP contribution in [0, 0.1) is 0 Å². The first-order chi connectivity index (χ1) is 11.1. The first-order valence-corrected chi connectivity index (χ1v) is 7.13. The van der Waals surface area contributed by atoms with Gasteiger partial charge in [-0.1, -0.05) is 6.07 Å². The molecule has 0 saturated carbocycles. The molecule has 3 aromatic rings. The number of benzene rings is 1. The Morgan fingerprint density at radius 2 is 2.04 bits per heavy atom. The Labute approximate surface area is 132 Å². The maximum atomic E-state index is 12.2. The zero-order valence-corrected chi connectivity index (χ0v) is 12.4. The van der Waals surface area contributed by atoms with Gasteiger partial charge in [0.05, 0.1) is 11.8 Å². The second-order valence-corrected chi connectivity index (χ2v) is 5.07. The molecule has 6 heteroatoms. The molecule has 0 aliphatic carbocycles. The van der Waals surface area contributed by atoms with Crippen LogP contribution < -0.4 is 10.6 Å². The van der Waals surface area contributed by atoms with Crippen molar-refractivity contribution in [3.05, 3.63) is 60.7 Å². The fraction of sp³-hybridized carbons (Fsp3) is 0.118. The number of carbonyl (C=O) groups is 2. The third-order valence-corrected chi connectivity index (χ3v) is 3.36. The molecule has 2 N–H and O–H groups in total. The van der Waals surface area contributed by atoms with Gasteiger partial charge in [-0.2, -0.15) is 0 Å². The molecule has 3 rings (SSSR count). The lowest BCUT2D eigenvalue weighted by atomic mass is 10.2. The molecule has 0 radical (unpaired) electrons. The molecule has 23 heavy (non-hydrogen) atoms. The predicted molar refractivity (Wildman–Crippen MR) is 86.0 cm³/mol. The first kappa shape index (κ1) is 14.8. The molecule has 116 valence electrons. The first-order valence-electron chi connectivity index (χ1n) is 7.13. The zero-order valence-electron chi connectivity index (χ0n) is 12.4. The van der Waals surface area contributed by atoms with E-state index in [-0.39, 0.29) is 11.7 Å². The molecular formula is C17H15N3O3. The maximum absolute atomic E-state index is 12.2. The van der Waals surface area contributed by atoms with Gasteiger partial charge in [0.15, 0.2) is 5.76 Å². The van der Waals surface area contributed by atoms with Crippen molar-refractivity contribution in [1.29, 1.82) is 0 Å². The van der Waals surface area contributed by atoms with E-state index in [9.17, 15) is 9.59 Å². The number of hydrogen-bond donors (Lipinski definition) is 2. The Morgan fingerprint density at radius 3 is 2.83 bits per heavy atom. The molecule has 0 aliphatic rings. The standard InChI is InChI=1S/C17H15N3O3/c1-11(19-17(22)15-5-3-9-23-15)16(21)20-13-6-7-14-12(10-13)4-2-8-18-14/h2-11H,1H3,(H,19,22)(H,20,21)/t11-/m0/s1. The normalized spacial score (nSPS) is 11.9. The summed E-state index contributed by atoms with van der Waals surface area (Å²) in [5.74, 6) is -0.574. The van der Waals surface area contributed by atoms with Crippen LogP contribution in [0.2, 0.25) is 0 Å². The second-order valence-electron chi connectivity index (χ2n) is 5.07. The van der Waals surface area contributed by atoms with Crippen molar-refractivity contribution in [3.8, 4) is 0 Å². The number of aromatic nitrogens is 1. The summed E-state index contributed by atoms with van der Waals surface area (Å²) < 4.78 is 4.99. The Morgan fingerprint density at radius 1 is 1.17 bits per heavy atom. The summed E-state index contributed by atoms with van der Waals surface area (Å²) >= 11 is 0. The summed E-state index contributed by atoms with van der Waals surface area (Å²) in [4.78, 5) is 28.3. The monoisotopic (exact) mass is 309 g/mol. The van der Waals surface area contributed by atoms with Crippen LogP contribution >= 0.6 is 0 Å². The number of furan rings is 1. The third-order valence-electron chi connectivity index (χ3n) is 3.36. The Kier molecular flexibility index (Phi) is 4.05. The molecular weight excluding hydrogens is 294 g/mol. The van der Waals surface area contributed by atoms with Crippen LogP contribution in [0.15, 0.2) is 59.3 Å². The third kappa shape index (κ3) is 3.37. The molecule has 2 heterocycles. The van der Waals surface area contributed by atoms with Crippen LogP contribution in [0.5, 0.6) is 0 Å². The molecule has 0 bridgehead atoms. The molecule has 6 nitrogen and oxygen atoms in total. The number of rotatable bonds is 4. The minimum absolute atomic E-state index is 0.168. The number of nitrogens with one attached hydrogen (secondary N) is 2. The molecule has 0 unspecified atom stereocenters. The molecule has 2 amide bonds. The summed E-state index contributed by atoms with van der Waals surface area (Å²) in [6, 6.07) is 11.6. The van der Waals surface area contributed by atoms with Gasteiger partial charge in [0.2, 0.25) is 5.91 Å². The number of amides is 2. The Bertz CT molecular complexity index is 843. The number of anilines is 1. The van der Waals surface area contributed by atoms with E-state index < -0.39 is 11.9 Å². The quantitative estimate of drug-likeness (QED) is 0.776. The average Bonchev–Trinajstić information content (AvgIpc) is 3.09. The number of nitrogens with zero attached hydrogens (tertiary/aromatic N) is 1. The molecule has 1 aromatic carbocycles. The molecule has 0 spiro atoms. The zero-order chi connectivity index (χ0) is 16.2. The van der Waals surface area contributed by atoms with Crippen LogP contribution in [-0.2, 0) is 4.79 Å². The van der Waals surface area contributed by atoms with E-state index in [0.717, 1.165) is 10.9 Å². The number of hydrogen-bond acceptors (Lipinski definition) is 4. The number of carbonyl (C=O) groups excluding carboxylic acids is 2. The van der Waals surface area contributed by atoms with Crippen molar-refractivity contribution in [2.45, 2.75) is 13.0 Å². The second kappa shape index (κ2) is 6.31. The number of fused-ring (bicyclic) bond motifs is 1. The summed E-state index contributed by atoms with van der Waals surface area (Å²) in [6.45, 7) is 1.61. The minimum atomic E-state index is -0.697. The van der Waals surface area contributed by atoms with Gasteiger partial charge in [0, 0.05) is 17.3 Å². The lowest BCUT2D eigenvalue weighted by Gasteiger charge is -2.13. The van der Waals surface area contributed by atoms with Crippen LogP contribution in [0.1, 0.15) is 17.5 Å². The SMILES string of the molecule is C[C@H](NC(=O)c1ccco1)C(=O)Nc1ccc2ncccc2c1. The fourth-order valence-corrected chi connectivity index (χ4v) is 2.14. The average molecular weight is 309 g/mol. The van der Waals surface area contributed by atoms with E-state index in [0.29, 0.717) is 5.69 Å². The smallest absolute Gasteiger partial charge is 0.287 e. The van der Waals surface area contributed by atoms with Gasteiger partial charge in [0.1, 0.15) is 6.04 Å². The summed E-state index contributed by atoms with van der Waals surface area (Å²) in [5.41, 5.74) is 1.50. The maximum Gasteiger partial charge on any atom is 0.287 e. The van der Waals surface area contributed by atoms with Gasteiger partial charge in [-0.15, -0.1) is 0 Å². The van der Waals surface area contributed by atoms with Crippen molar-refractivity contribution in [2.24, 2.45) is 0 Å². The van der Waals surface area contributed by atoms with Crippen molar-refractivity contribution < 1.29 is 14.0 Å². The van der Waals surface area contributed by atoms with Crippen molar-refractivity contribution in [2.75, 3.05) is 5.32 Å². The van der Waals surface area contributed by atoms with Gasteiger partial charge in [-0.25, -0.2) is 0 Å². The molecule has 0 saturated heterocycles. The van der Waals surface area contributed by atoms with Crippen molar-refractivity contribution in [3.63, 3.8) is 0 Å². The van der Waals surface area contributed by atoms with E-state index in [1.807, 2.05) is 24.3 Å². The molecule has 0 fully saturated rings. The summed E-state index contributed by atoms with van der Waals surface area (Å²) in [7, 11) is 0. The van der Waals surface area contributed by atoms with Crippen molar-refractivity contribution >= 4 is 28.4 Å². The van der Waals surface area contributed by atoms with Gasteiger partial charge in [0.25, 0.3) is 5.91 Å². The summed E-state index contributed by atoms with van der Waals surface area (Å²) in [6.07, 6.45) is 3.12. The van der Waals surface area contributed by atoms with E-state index in [1.165, 1.54) is 12.3 Å². The van der Waals surface area contributed by atoms with E-state index in [1.54, 1.807) is 25.3 Å². The Balaban J connectivity index is 1.66. The number of pyridine rings is 1. The lowest BCUT2D eigenvalue weighted by Crippen LogP contribution is -2.41. The lowest BCUT2D eigenvalue weighted by molar-refractivity contribution is -0.117. The van der Waals surface area contributed by atoms with E-state index in [2.05, 4.69) is 15.6 Å². The molecule has 2 aromatic heterocycles. The van der Waals surface area contributed by atoms with Crippen LogP contribution in [-0.4, -0.2) is 22.8 Å². The van der Waals surface area contributed by atoms with E-state index in [4.69, 9.17) is 4.42 Å². The Hall–Kier alpha value is -3.15. The highest BCUT2D eigenvalue weighted by atomic mass is 16.3. The minimum Gasteiger partial charge on any atom is -0.459 e. The highest BCUT2D eigenvalue weighted by Crippen LogP contribution is 2.17. The summed E-state index contributed by atoms with van der Waals surface area (Å²) in [5, 5.41) is 6.28. The van der Waals surface area contributed by atoms with Gasteiger partial charge in [-0.3, -0.25) is 14.6 Å². The molecule has 0 aliphatic heterocycles. The van der Waals surface area contributed by atoms with Gasteiger partial charge in [-0.05, 0) is 43.3 Å². The fourth-order valence-electron chi connectivity index (χ4n) is 2.14. The van der Waals surface area contributed by atoms with Gasteiger partial charge >= 0.3 is 0 Å². The molecule has 1 atom stereocenters. The van der Waals surface area contributed by atoms with Crippen LogP contribution in [0.4, 0.5) is 5.69 Å². The largest absolute Gasteiger partial charge is 0.459 e. The van der Waals surface area contributed by atoms with E-state index >= 15 is 0 Å². The van der Waals surface area contributed by atoms with Crippen LogP contribution in [0.3, 0.4) is 0 Å². The predicted octanol–water partition coefficient (Wildman–Crippen LogP) is 2.58. The van der Waals surface area contributed by atoms with Gasteiger partial charge < -0.3 is 15.1 Å². The van der Waals surface area contributed by atoms with Crippen LogP contribution in [0.25, 0.3) is 10.9 Å². The topological polar surface area (TPSA) is 84.2 Å². The van der Waals surface area contributed by atoms with Crippen molar-refractivity contribution in [1.82, 2.24) is 10.3 Å².